The number of ether oxygens (including phenoxy) is 4. The quantitative estimate of drug-likeness (QED) is 0.328. The molecule has 1 aliphatic carbocycles. The first-order valence-corrected chi connectivity index (χ1v) is 11.7. The number of nitrogens with zero attached hydrogens (tertiary/aromatic N) is 2. The highest BCUT2D eigenvalue weighted by Gasteiger charge is 2.25. The molecule has 0 bridgehead atoms. The zero-order valence-electron chi connectivity index (χ0n) is 19.4. The van der Waals surface area contributed by atoms with Crippen LogP contribution in [0, 0.1) is 5.92 Å². The Hall–Kier alpha value is -1.99. The average molecular weight is 434 g/mol. The van der Waals surface area contributed by atoms with Gasteiger partial charge < -0.3 is 29.2 Å². The van der Waals surface area contributed by atoms with Gasteiger partial charge in [0.1, 0.15) is 0 Å². The van der Waals surface area contributed by atoms with Crippen LogP contribution >= 0.6 is 0 Å². The predicted octanol–water partition coefficient (Wildman–Crippen LogP) is 3.47. The molecule has 1 aromatic carbocycles. The molecule has 1 saturated carbocycles. The van der Waals surface area contributed by atoms with Crippen LogP contribution in [0.1, 0.15) is 44.6 Å². The zero-order valence-corrected chi connectivity index (χ0v) is 19.4. The van der Waals surface area contributed by atoms with E-state index in [1.54, 1.807) is 14.2 Å². The first-order valence-electron chi connectivity index (χ1n) is 11.7. The largest absolute Gasteiger partial charge is 0.493 e. The maximum absolute atomic E-state index is 6.37. The molecule has 1 heterocycles. The summed E-state index contributed by atoms with van der Waals surface area (Å²) >= 11 is 0. The molecule has 1 aromatic rings. The molecular formula is C24H39N3O4. The van der Waals surface area contributed by atoms with Crippen LogP contribution in [0.3, 0.4) is 0 Å². The number of para-hydroxylation sites is 1. The molecule has 1 atom stereocenters. The number of guanidine groups is 1. The molecule has 0 spiro atoms. The van der Waals surface area contributed by atoms with Gasteiger partial charge in [0.2, 0.25) is 0 Å². The third-order valence-electron chi connectivity index (χ3n) is 5.97. The minimum Gasteiger partial charge on any atom is -0.493 e. The second-order valence-corrected chi connectivity index (χ2v) is 8.31. The van der Waals surface area contributed by atoms with Gasteiger partial charge in [0.15, 0.2) is 17.5 Å². The lowest BCUT2D eigenvalue weighted by atomic mass is 10.1. The number of benzene rings is 1. The van der Waals surface area contributed by atoms with E-state index in [9.17, 15) is 0 Å². The molecule has 0 aromatic heterocycles. The van der Waals surface area contributed by atoms with E-state index in [1.165, 1.54) is 12.8 Å². The van der Waals surface area contributed by atoms with Crippen molar-refractivity contribution in [1.29, 1.82) is 0 Å². The maximum atomic E-state index is 6.37. The number of hydrogen-bond acceptors (Lipinski definition) is 5. The number of hydrogen-bond donors (Lipinski definition) is 1. The molecule has 7 heteroatoms. The second kappa shape index (κ2) is 12.8. The number of likely N-dealkylation sites (tertiary alicyclic amines) is 1. The fraction of sp³-hybridized carbons (Fsp3) is 0.708. The first kappa shape index (κ1) is 23.7. The van der Waals surface area contributed by atoms with Crippen molar-refractivity contribution in [2.24, 2.45) is 10.9 Å². The van der Waals surface area contributed by atoms with E-state index < -0.39 is 0 Å². The topological polar surface area (TPSA) is 64.6 Å². The monoisotopic (exact) mass is 433 g/mol. The lowest BCUT2D eigenvalue weighted by molar-refractivity contribution is 0.0536. The molecule has 1 aliphatic heterocycles. The molecule has 2 aliphatic rings. The summed E-state index contributed by atoms with van der Waals surface area (Å²) in [4.78, 5) is 7.29. The average Bonchev–Trinajstić information content (AvgIpc) is 3.47. The molecule has 0 radical (unpaired) electrons. The van der Waals surface area contributed by atoms with Gasteiger partial charge in [-0.05, 0) is 45.1 Å². The Bertz CT molecular complexity index is 691. The number of rotatable bonds is 11. The fourth-order valence-corrected chi connectivity index (χ4v) is 4.29. The van der Waals surface area contributed by atoms with Crippen LogP contribution < -0.4 is 14.8 Å². The summed E-state index contributed by atoms with van der Waals surface area (Å²) in [5.74, 6) is 3.12. The van der Waals surface area contributed by atoms with Gasteiger partial charge in [-0.3, -0.25) is 0 Å². The lowest BCUT2D eigenvalue weighted by Crippen LogP contribution is -2.40. The fourth-order valence-electron chi connectivity index (χ4n) is 4.29. The third-order valence-corrected chi connectivity index (χ3v) is 5.97. The summed E-state index contributed by atoms with van der Waals surface area (Å²) < 4.78 is 22.8. The summed E-state index contributed by atoms with van der Waals surface area (Å²) in [7, 11) is 3.40. The molecule has 1 saturated heterocycles. The predicted molar refractivity (Wildman–Crippen MR) is 123 cm³/mol. The van der Waals surface area contributed by atoms with E-state index >= 15 is 0 Å². The maximum Gasteiger partial charge on any atom is 0.194 e. The Morgan fingerprint density at radius 2 is 2.00 bits per heavy atom. The van der Waals surface area contributed by atoms with Crippen LogP contribution in [0.25, 0.3) is 0 Å². The molecule has 31 heavy (non-hydrogen) atoms. The van der Waals surface area contributed by atoms with Crippen molar-refractivity contribution < 1.29 is 18.9 Å². The highest BCUT2D eigenvalue weighted by atomic mass is 16.5. The summed E-state index contributed by atoms with van der Waals surface area (Å²) in [5.41, 5.74) is 1.07. The van der Waals surface area contributed by atoms with Crippen LogP contribution in [0.4, 0.5) is 0 Å². The summed E-state index contributed by atoms with van der Waals surface area (Å²) in [6, 6.07) is 6.08. The van der Waals surface area contributed by atoms with Crippen LogP contribution in [0.5, 0.6) is 11.5 Å². The second-order valence-electron chi connectivity index (χ2n) is 8.31. The first-order chi connectivity index (χ1) is 15.2. The highest BCUT2D eigenvalue weighted by Crippen LogP contribution is 2.35. The SMILES string of the molecule is CCNC(=NCc1cccc(OC)c1OC1CCCC1)N1CCC(COCCOC)C1. The molecule has 174 valence electrons. The normalized spacial score (nSPS) is 19.8. The molecule has 7 nitrogen and oxygen atoms in total. The molecule has 1 N–H and O–H groups in total. The Labute approximate surface area is 187 Å². The van der Waals surface area contributed by atoms with E-state index in [2.05, 4.69) is 23.2 Å². The van der Waals surface area contributed by atoms with E-state index in [1.807, 2.05) is 12.1 Å². The Morgan fingerprint density at radius 1 is 1.16 bits per heavy atom. The van der Waals surface area contributed by atoms with Gasteiger partial charge in [-0.25, -0.2) is 4.99 Å². The smallest absolute Gasteiger partial charge is 0.194 e. The van der Waals surface area contributed by atoms with Gasteiger partial charge >= 0.3 is 0 Å². The van der Waals surface area contributed by atoms with Crippen LogP contribution in [0.15, 0.2) is 23.2 Å². The number of aliphatic imine (C=N–C) groups is 1. The van der Waals surface area contributed by atoms with Gasteiger partial charge in [-0.1, -0.05) is 12.1 Å². The molecule has 1 unspecified atom stereocenters. The minimum atomic E-state index is 0.282. The lowest BCUT2D eigenvalue weighted by Gasteiger charge is -2.22. The summed E-state index contributed by atoms with van der Waals surface area (Å²) in [6.07, 6.45) is 6.11. The Morgan fingerprint density at radius 3 is 2.74 bits per heavy atom. The van der Waals surface area contributed by atoms with Crippen LogP contribution in [0.2, 0.25) is 0 Å². The van der Waals surface area contributed by atoms with Crippen molar-refractivity contribution in [2.75, 3.05) is 53.7 Å². The van der Waals surface area contributed by atoms with E-state index in [0.717, 1.165) is 68.5 Å². The number of nitrogens with one attached hydrogen (secondary N) is 1. The van der Waals surface area contributed by atoms with Gasteiger partial charge in [-0.15, -0.1) is 0 Å². The van der Waals surface area contributed by atoms with Crippen LogP contribution in [-0.4, -0.2) is 70.6 Å². The molecule has 3 rings (SSSR count). The van der Waals surface area contributed by atoms with Crippen molar-refractivity contribution in [3.63, 3.8) is 0 Å². The van der Waals surface area contributed by atoms with Gasteiger partial charge in [0.25, 0.3) is 0 Å². The molecular weight excluding hydrogens is 394 g/mol. The van der Waals surface area contributed by atoms with Gasteiger partial charge in [0.05, 0.1) is 39.6 Å². The standard InChI is InChI=1S/C24H39N3O4/c1-4-25-24(27-13-12-19(17-27)18-30-15-14-28-2)26-16-20-8-7-11-22(29-3)23(20)31-21-9-5-6-10-21/h7-8,11,19,21H,4-6,9-10,12-18H2,1-3H3,(H,25,26). The third kappa shape index (κ3) is 7.01. The van der Waals surface area contributed by atoms with Crippen molar-refractivity contribution in [3.05, 3.63) is 23.8 Å². The van der Waals surface area contributed by atoms with Crippen molar-refractivity contribution in [2.45, 2.75) is 51.7 Å². The van der Waals surface area contributed by atoms with E-state index in [0.29, 0.717) is 25.7 Å². The van der Waals surface area contributed by atoms with E-state index in [4.69, 9.17) is 23.9 Å². The minimum absolute atomic E-state index is 0.282. The zero-order chi connectivity index (χ0) is 21.9. The summed E-state index contributed by atoms with van der Waals surface area (Å²) in [5, 5.41) is 3.46. The van der Waals surface area contributed by atoms with Crippen molar-refractivity contribution >= 4 is 5.96 Å². The van der Waals surface area contributed by atoms with Crippen molar-refractivity contribution in [3.8, 4) is 11.5 Å². The molecule has 2 fully saturated rings. The van der Waals surface area contributed by atoms with E-state index in [-0.39, 0.29) is 6.10 Å². The van der Waals surface area contributed by atoms with Crippen molar-refractivity contribution in [1.82, 2.24) is 10.2 Å². The number of methoxy groups -OCH3 is 2. The summed E-state index contributed by atoms with van der Waals surface area (Å²) in [6.45, 7) is 7.54. The Kier molecular flexibility index (Phi) is 9.75. The van der Waals surface area contributed by atoms with Crippen LogP contribution in [-0.2, 0) is 16.0 Å². The Balaban J connectivity index is 1.65. The molecule has 0 amide bonds. The van der Waals surface area contributed by atoms with Gasteiger partial charge in [0, 0.05) is 38.2 Å². The highest BCUT2D eigenvalue weighted by molar-refractivity contribution is 5.80. The van der Waals surface area contributed by atoms with Gasteiger partial charge in [-0.2, -0.15) is 0 Å².